The summed E-state index contributed by atoms with van der Waals surface area (Å²) in [5, 5.41) is 0. The number of anilines is 1. The number of rotatable bonds is 5. The highest BCUT2D eigenvalue weighted by Crippen LogP contribution is 2.17. The van der Waals surface area contributed by atoms with Gasteiger partial charge >= 0.3 is 0 Å². The number of para-hydroxylation sites is 1. The first kappa shape index (κ1) is 14.1. The van der Waals surface area contributed by atoms with Gasteiger partial charge in [0.2, 0.25) is 5.76 Å². The van der Waals surface area contributed by atoms with Crippen molar-refractivity contribution in [2.45, 2.75) is 26.8 Å². The van der Waals surface area contributed by atoms with Gasteiger partial charge in [0.25, 0.3) is 5.91 Å². The maximum atomic E-state index is 12.5. The number of hydrogen-bond acceptors (Lipinski definition) is 4. The summed E-state index contributed by atoms with van der Waals surface area (Å²) in [6.45, 7) is 4.91. The van der Waals surface area contributed by atoms with Crippen molar-refractivity contribution in [3.8, 4) is 0 Å². The summed E-state index contributed by atoms with van der Waals surface area (Å²) in [6.07, 6.45) is 2.16. The van der Waals surface area contributed by atoms with Crippen LogP contribution in [0.2, 0.25) is 0 Å². The van der Waals surface area contributed by atoms with E-state index in [9.17, 15) is 4.79 Å². The number of carbonyl (C=O) groups is 1. The lowest BCUT2D eigenvalue weighted by molar-refractivity contribution is 0.0710. The van der Waals surface area contributed by atoms with E-state index >= 15 is 0 Å². The van der Waals surface area contributed by atoms with E-state index in [1.165, 1.54) is 6.39 Å². The summed E-state index contributed by atoms with van der Waals surface area (Å²) in [5.41, 5.74) is 8.18. The molecule has 0 fully saturated rings. The standard InChI is InChI=1S/C15H19N3O2/c1-3-8-18(9-12-6-4-5-7-13(12)16)15(19)14-11(2)17-10-20-14/h4-7,10H,3,8-9,16H2,1-2H3. The van der Waals surface area contributed by atoms with Crippen LogP contribution in [0.15, 0.2) is 35.1 Å². The highest BCUT2D eigenvalue weighted by atomic mass is 16.3. The molecule has 0 bridgehead atoms. The molecule has 0 aliphatic rings. The zero-order valence-corrected chi connectivity index (χ0v) is 11.8. The minimum Gasteiger partial charge on any atom is -0.438 e. The number of nitrogen functional groups attached to an aromatic ring is 1. The first-order chi connectivity index (χ1) is 9.63. The Bertz CT molecular complexity index is 592. The fourth-order valence-electron chi connectivity index (χ4n) is 2.06. The number of aryl methyl sites for hydroxylation is 1. The molecule has 1 heterocycles. The molecule has 0 saturated heterocycles. The van der Waals surface area contributed by atoms with Crippen LogP contribution in [-0.4, -0.2) is 22.3 Å². The molecule has 106 valence electrons. The van der Waals surface area contributed by atoms with Crippen molar-refractivity contribution in [1.82, 2.24) is 9.88 Å². The number of carbonyl (C=O) groups excluding carboxylic acids is 1. The highest BCUT2D eigenvalue weighted by Gasteiger charge is 2.21. The average Bonchev–Trinajstić information content (AvgIpc) is 2.86. The zero-order valence-electron chi connectivity index (χ0n) is 11.8. The number of hydrogen-bond donors (Lipinski definition) is 1. The van der Waals surface area contributed by atoms with Gasteiger partial charge in [-0.25, -0.2) is 4.98 Å². The molecule has 1 amide bonds. The predicted molar refractivity (Wildman–Crippen MR) is 77.1 cm³/mol. The molecule has 1 aromatic carbocycles. The molecule has 0 aliphatic carbocycles. The maximum absolute atomic E-state index is 12.5. The normalized spacial score (nSPS) is 10.5. The average molecular weight is 273 g/mol. The first-order valence-electron chi connectivity index (χ1n) is 6.66. The zero-order chi connectivity index (χ0) is 14.5. The first-order valence-corrected chi connectivity index (χ1v) is 6.66. The van der Waals surface area contributed by atoms with E-state index in [1.807, 2.05) is 31.2 Å². The molecule has 2 aromatic rings. The van der Waals surface area contributed by atoms with Gasteiger partial charge in [0.1, 0.15) is 0 Å². The monoisotopic (exact) mass is 273 g/mol. The number of oxazole rings is 1. The van der Waals surface area contributed by atoms with Crippen LogP contribution in [0.25, 0.3) is 0 Å². The van der Waals surface area contributed by atoms with Crippen molar-refractivity contribution in [3.05, 3.63) is 47.7 Å². The van der Waals surface area contributed by atoms with Crippen LogP contribution in [0.5, 0.6) is 0 Å². The number of benzene rings is 1. The highest BCUT2D eigenvalue weighted by molar-refractivity contribution is 5.92. The molecule has 20 heavy (non-hydrogen) atoms. The molecule has 0 unspecified atom stereocenters. The Morgan fingerprint density at radius 1 is 1.40 bits per heavy atom. The molecular weight excluding hydrogens is 254 g/mol. The van der Waals surface area contributed by atoms with Crippen LogP contribution in [-0.2, 0) is 6.54 Å². The molecule has 2 rings (SSSR count). The lowest BCUT2D eigenvalue weighted by atomic mass is 10.1. The third-order valence-electron chi connectivity index (χ3n) is 3.14. The third-order valence-corrected chi connectivity index (χ3v) is 3.14. The second kappa shape index (κ2) is 6.23. The molecule has 1 aromatic heterocycles. The summed E-state index contributed by atoms with van der Waals surface area (Å²) in [7, 11) is 0. The van der Waals surface area contributed by atoms with Crippen LogP contribution < -0.4 is 5.73 Å². The largest absolute Gasteiger partial charge is 0.438 e. The molecule has 5 heteroatoms. The quantitative estimate of drug-likeness (QED) is 0.850. The van der Waals surface area contributed by atoms with Crippen molar-refractivity contribution < 1.29 is 9.21 Å². The fraction of sp³-hybridized carbons (Fsp3) is 0.333. The van der Waals surface area contributed by atoms with E-state index in [4.69, 9.17) is 10.2 Å². The molecule has 2 N–H and O–H groups in total. The Kier molecular flexibility index (Phi) is 4.40. The number of nitrogens with two attached hydrogens (primary N) is 1. The minimum absolute atomic E-state index is 0.148. The maximum Gasteiger partial charge on any atom is 0.291 e. The molecule has 0 aliphatic heterocycles. The lowest BCUT2D eigenvalue weighted by Crippen LogP contribution is -2.31. The summed E-state index contributed by atoms with van der Waals surface area (Å²) >= 11 is 0. The fourth-order valence-corrected chi connectivity index (χ4v) is 2.06. The second-order valence-corrected chi connectivity index (χ2v) is 4.69. The smallest absolute Gasteiger partial charge is 0.291 e. The van der Waals surface area contributed by atoms with Crippen LogP contribution in [0, 0.1) is 6.92 Å². The Morgan fingerprint density at radius 3 is 2.75 bits per heavy atom. The Labute approximate surface area is 118 Å². The van der Waals surface area contributed by atoms with E-state index in [2.05, 4.69) is 4.98 Å². The minimum atomic E-state index is -0.148. The number of nitrogens with zero attached hydrogens (tertiary/aromatic N) is 2. The summed E-state index contributed by atoms with van der Waals surface area (Å²) in [6, 6.07) is 7.56. The molecule has 0 saturated carbocycles. The van der Waals surface area contributed by atoms with Gasteiger partial charge in [-0.3, -0.25) is 4.79 Å². The topological polar surface area (TPSA) is 72.4 Å². The van der Waals surface area contributed by atoms with Crippen molar-refractivity contribution in [2.24, 2.45) is 0 Å². The van der Waals surface area contributed by atoms with E-state index in [-0.39, 0.29) is 5.91 Å². The van der Waals surface area contributed by atoms with Crippen LogP contribution in [0.1, 0.15) is 35.2 Å². The molecular formula is C15H19N3O2. The lowest BCUT2D eigenvalue weighted by Gasteiger charge is -2.22. The Morgan fingerprint density at radius 2 is 2.15 bits per heavy atom. The Hall–Kier alpha value is -2.30. The van der Waals surface area contributed by atoms with Gasteiger partial charge < -0.3 is 15.1 Å². The van der Waals surface area contributed by atoms with Crippen LogP contribution >= 0.6 is 0 Å². The summed E-state index contributed by atoms with van der Waals surface area (Å²) < 4.78 is 5.19. The van der Waals surface area contributed by atoms with Gasteiger partial charge in [-0.15, -0.1) is 0 Å². The van der Waals surface area contributed by atoms with Gasteiger partial charge in [-0.05, 0) is 25.0 Å². The van der Waals surface area contributed by atoms with Crippen molar-refractivity contribution in [2.75, 3.05) is 12.3 Å². The van der Waals surface area contributed by atoms with Crippen LogP contribution in [0.3, 0.4) is 0 Å². The van der Waals surface area contributed by atoms with Crippen molar-refractivity contribution in [3.63, 3.8) is 0 Å². The summed E-state index contributed by atoms with van der Waals surface area (Å²) in [4.78, 5) is 18.2. The molecule has 0 radical (unpaired) electrons. The molecule has 5 nitrogen and oxygen atoms in total. The third kappa shape index (κ3) is 2.99. The van der Waals surface area contributed by atoms with E-state index in [1.54, 1.807) is 11.8 Å². The van der Waals surface area contributed by atoms with E-state index in [0.717, 1.165) is 12.0 Å². The molecule has 0 spiro atoms. The van der Waals surface area contributed by atoms with E-state index in [0.29, 0.717) is 30.2 Å². The van der Waals surface area contributed by atoms with E-state index < -0.39 is 0 Å². The Balaban J connectivity index is 2.21. The van der Waals surface area contributed by atoms with Gasteiger partial charge in [-0.1, -0.05) is 25.1 Å². The summed E-state index contributed by atoms with van der Waals surface area (Å²) in [5.74, 6) is 0.151. The van der Waals surface area contributed by atoms with Crippen molar-refractivity contribution >= 4 is 11.6 Å². The number of amides is 1. The predicted octanol–water partition coefficient (Wildman–Crippen LogP) is 2.62. The van der Waals surface area contributed by atoms with Gasteiger partial charge in [0, 0.05) is 18.8 Å². The van der Waals surface area contributed by atoms with Gasteiger partial charge in [-0.2, -0.15) is 0 Å². The molecule has 0 atom stereocenters. The second-order valence-electron chi connectivity index (χ2n) is 4.69. The number of aromatic nitrogens is 1. The van der Waals surface area contributed by atoms with Gasteiger partial charge in [0.05, 0.1) is 5.69 Å². The van der Waals surface area contributed by atoms with Crippen LogP contribution in [0.4, 0.5) is 5.69 Å². The van der Waals surface area contributed by atoms with Gasteiger partial charge in [0.15, 0.2) is 6.39 Å². The SMILES string of the molecule is CCCN(Cc1ccccc1N)C(=O)c1ocnc1C. The van der Waals surface area contributed by atoms with Crippen molar-refractivity contribution in [1.29, 1.82) is 0 Å².